The van der Waals surface area contributed by atoms with E-state index < -0.39 is 0 Å². The quantitative estimate of drug-likeness (QED) is 0.656. The molecule has 4 aliphatic rings. The van der Waals surface area contributed by atoms with Gasteiger partial charge in [0.2, 0.25) is 0 Å². The summed E-state index contributed by atoms with van der Waals surface area (Å²) in [5, 5.41) is 3.86. The average Bonchev–Trinajstić information content (AvgIpc) is 2.41. The second kappa shape index (κ2) is 5.14. The molecule has 1 unspecified atom stereocenters. The lowest BCUT2D eigenvalue weighted by atomic mass is 9.48. The van der Waals surface area contributed by atoms with Gasteiger partial charge in [-0.15, -0.1) is 0 Å². The van der Waals surface area contributed by atoms with E-state index in [1.54, 1.807) is 0 Å². The number of rotatable bonds is 3. The van der Waals surface area contributed by atoms with Crippen molar-refractivity contribution in [2.75, 3.05) is 5.32 Å². The Bertz CT molecular complexity index is 515. The molecule has 2 heteroatoms. The molecule has 0 saturated heterocycles. The Labute approximate surface area is 142 Å². The van der Waals surface area contributed by atoms with Crippen molar-refractivity contribution < 1.29 is 0 Å². The van der Waals surface area contributed by atoms with Crippen molar-refractivity contribution in [3.63, 3.8) is 0 Å². The number of hydrogen-bond acceptors (Lipinski definition) is 1. The van der Waals surface area contributed by atoms with E-state index in [-0.39, 0.29) is 0 Å². The average molecular weight is 395 g/mol. The largest absolute Gasteiger partial charge is 0.382 e. The maximum absolute atomic E-state index is 3.86. The first-order chi connectivity index (χ1) is 10.0. The third-order valence-electron chi connectivity index (χ3n) is 6.56. The highest BCUT2D eigenvalue weighted by Gasteiger charge is 2.53. The molecule has 5 rings (SSSR count). The molecule has 4 saturated carbocycles. The van der Waals surface area contributed by atoms with E-state index in [9.17, 15) is 0 Å². The molecule has 1 aromatic carbocycles. The zero-order valence-corrected chi connectivity index (χ0v) is 15.3. The summed E-state index contributed by atoms with van der Waals surface area (Å²) < 4.78 is 1.37. The molecule has 0 aliphatic heterocycles. The van der Waals surface area contributed by atoms with Crippen LogP contribution in [0.3, 0.4) is 0 Å². The fraction of sp³-hybridized carbons (Fsp3) is 0.684. The molecular formula is C19H26IN. The van der Waals surface area contributed by atoms with E-state index in [0.717, 1.165) is 17.8 Å². The van der Waals surface area contributed by atoms with Gasteiger partial charge in [-0.2, -0.15) is 0 Å². The topological polar surface area (TPSA) is 12.0 Å². The molecule has 0 heterocycles. The predicted molar refractivity (Wildman–Crippen MR) is 97.6 cm³/mol. The van der Waals surface area contributed by atoms with Gasteiger partial charge in [0.25, 0.3) is 0 Å². The van der Waals surface area contributed by atoms with E-state index in [4.69, 9.17) is 0 Å². The molecular weight excluding hydrogens is 369 g/mol. The molecule has 0 radical (unpaired) electrons. The Hall–Kier alpha value is -0.250. The van der Waals surface area contributed by atoms with E-state index >= 15 is 0 Å². The number of halogens is 1. The third kappa shape index (κ3) is 2.51. The summed E-state index contributed by atoms with van der Waals surface area (Å²) in [4.78, 5) is 0. The van der Waals surface area contributed by atoms with Crippen molar-refractivity contribution in [3.05, 3.63) is 27.3 Å². The SMILES string of the molecule is Cc1ccc(NC(C)C23CC4CC(CC(C4)C2)C3)cc1I. The molecule has 4 fully saturated rings. The highest BCUT2D eigenvalue weighted by Crippen LogP contribution is 2.61. The fourth-order valence-electron chi connectivity index (χ4n) is 5.79. The number of anilines is 1. The Morgan fingerprint density at radius 2 is 1.67 bits per heavy atom. The van der Waals surface area contributed by atoms with Crippen molar-refractivity contribution in [1.82, 2.24) is 0 Å². The standard InChI is InChI=1S/C19H26IN/c1-12-3-4-17(8-18(12)20)21-13(2)19-9-14-5-15(10-19)7-16(6-14)11-19/h3-4,8,13-16,21H,5-7,9-11H2,1-2H3. The second-order valence-corrected chi connectivity index (χ2v) is 9.27. The summed E-state index contributed by atoms with van der Waals surface area (Å²) >= 11 is 2.45. The normalized spacial score (nSPS) is 38.5. The maximum Gasteiger partial charge on any atom is 0.0353 e. The highest BCUT2D eigenvalue weighted by atomic mass is 127. The second-order valence-electron chi connectivity index (χ2n) is 8.11. The van der Waals surface area contributed by atoms with Crippen LogP contribution in [0.2, 0.25) is 0 Å². The number of aryl methyl sites for hydroxylation is 1. The van der Waals surface area contributed by atoms with Crippen LogP contribution in [0, 0.1) is 33.7 Å². The van der Waals surface area contributed by atoms with Gasteiger partial charge in [0, 0.05) is 15.3 Å². The van der Waals surface area contributed by atoms with Crippen LogP contribution in [0.1, 0.15) is 51.0 Å². The van der Waals surface area contributed by atoms with Crippen LogP contribution in [0.4, 0.5) is 5.69 Å². The summed E-state index contributed by atoms with van der Waals surface area (Å²) in [6.07, 6.45) is 9.06. The summed E-state index contributed by atoms with van der Waals surface area (Å²) in [6, 6.07) is 7.43. The first-order valence-corrected chi connectivity index (χ1v) is 9.65. The molecule has 1 atom stereocenters. The molecule has 1 N–H and O–H groups in total. The summed E-state index contributed by atoms with van der Waals surface area (Å²) in [7, 11) is 0. The number of nitrogens with one attached hydrogen (secondary N) is 1. The van der Waals surface area contributed by atoms with Gasteiger partial charge < -0.3 is 5.32 Å². The van der Waals surface area contributed by atoms with E-state index in [2.05, 4.69) is 60.0 Å². The molecule has 0 spiro atoms. The minimum absolute atomic E-state index is 0.588. The number of hydrogen-bond donors (Lipinski definition) is 1. The van der Waals surface area contributed by atoms with Crippen LogP contribution in [-0.2, 0) is 0 Å². The summed E-state index contributed by atoms with van der Waals surface area (Å²) in [6.45, 7) is 4.63. The lowest BCUT2D eigenvalue weighted by Crippen LogP contribution is -2.52. The molecule has 0 amide bonds. The van der Waals surface area contributed by atoms with Crippen LogP contribution in [0.15, 0.2) is 18.2 Å². The van der Waals surface area contributed by atoms with Crippen molar-refractivity contribution >= 4 is 28.3 Å². The predicted octanol–water partition coefficient (Wildman–Crippen LogP) is 5.62. The van der Waals surface area contributed by atoms with Gasteiger partial charge in [-0.05, 0) is 116 Å². The van der Waals surface area contributed by atoms with Crippen LogP contribution < -0.4 is 5.32 Å². The van der Waals surface area contributed by atoms with Crippen molar-refractivity contribution in [3.8, 4) is 0 Å². The zero-order chi connectivity index (χ0) is 14.6. The van der Waals surface area contributed by atoms with Crippen molar-refractivity contribution in [2.45, 2.75) is 58.4 Å². The first kappa shape index (κ1) is 14.3. The monoisotopic (exact) mass is 395 g/mol. The minimum atomic E-state index is 0.588. The Balaban J connectivity index is 1.54. The summed E-state index contributed by atoms with van der Waals surface area (Å²) in [5.74, 6) is 3.12. The van der Waals surface area contributed by atoms with E-state index in [1.165, 1.54) is 53.3 Å². The third-order valence-corrected chi connectivity index (χ3v) is 7.72. The smallest absolute Gasteiger partial charge is 0.0353 e. The van der Waals surface area contributed by atoms with E-state index in [0.29, 0.717) is 11.5 Å². The lowest BCUT2D eigenvalue weighted by molar-refractivity contribution is -0.0602. The molecule has 114 valence electrons. The molecule has 0 aromatic heterocycles. The Kier molecular flexibility index (Phi) is 3.51. The van der Waals surface area contributed by atoms with E-state index in [1.807, 2.05) is 0 Å². The van der Waals surface area contributed by atoms with Gasteiger partial charge >= 0.3 is 0 Å². The fourth-order valence-corrected chi connectivity index (χ4v) is 6.31. The minimum Gasteiger partial charge on any atom is -0.382 e. The van der Waals surface area contributed by atoms with Crippen LogP contribution >= 0.6 is 22.6 Å². The van der Waals surface area contributed by atoms with Gasteiger partial charge in [-0.1, -0.05) is 6.07 Å². The number of benzene rings is 1. The van der Waals surface area contributed by atoms with Gasteiger partial charge in [-0.25, -0.2) is 0 Å². The molecule has 21 heavy (non-hydrogen) atoms. The molecule has 1 nitrogen and oxygen atoms in total. The van der Waals surface area contributed by atoms with Crippen LogP contribution in [0.25, 0.3) is 0 Å². The Morgan fingerprint density at radius 3 is 2.19 bits per heavy atom. The van der Waals surface area contributed by atoms with Gasteiger partial charge in [0.05, 0.1) is 0 Å². The molecule has 4 aliphatic carbocycles. The van der Waals surface area contributed by atoms with Gasteiger partial charge in [0.15, 0.2) is 0 Å². The van der Waals surface area contributed by atoms with Gasteiger partial charge in [0.1, 0.15) is 0 Å². The van der Waals surface area contributed by atoms with Crippen LogP contribution in [0.5, 0.6) is 0 Å². The van der Waals surface area contributed by atoms with Gasteiger partial charge in [-0.3, -0.25) is 0 Å². The first-order valence-electron chi connectivity index (χ1n) is 8.57. The molecule has 4 bridgehead atoms. The highest BCUT2D eigenvalue weighted by molar-refractivity contribution is 14.1. The van der Waals surface area contributed by atoms with Crippen molar-refractivity contribution in [1.29, 1.82) is 0 Å². The maximum atomic E-state index is 3.86. The Morgan fingerprint density at radius 1 is 1.10 bits per heavy atom. The molecule has 1 aromatic rings. The zero-order valence-electron chi connectivity index (χ0n) is 13.2. The van der Waals surface area contributed by atoms with Crippen LogP contribution in [-0.4, -0.2) is 6.04 Å². The summed E-state index contributed by atoms with van der Waals surface area (Å²) in [5.41, 5.74) is 3.28. The van der Waals surface area contributed by atoms with Crippen molar-refractivity contribution in [2.24, 2.45) is 23.2 Å². The lowest BCUT2D eigenvalue weighted by Gasteiger charge is -2.59.